The van der Waals surface area contributed by atoms with Crippen molar-refractivity contribution >= 4 is 5.97 Å². The maximum atomic E-state index is 10.8. The Hall–Kier alpha value is -0.610. The Morgan fingerprint density at radius 1 is 1.47 bits per heavy atom. The number of aliphatic carboxylic acids is 1. The van der Waals surface area contributed by atoms with Gasteiger partial charge in [0.25, 0.3) is 0 Å². The molecule has 0 bridgehead atoms. The van der Waals surface area contributed by atoms with Gasteiger partial charge < -0.3 is 15.2 Å². The Morgan fingerprint density at radius 2 is 2.27 bits per heavy atom. The third-order valence-corrected chi connectivity index (χ3v) is 3.77. The van der Waals surface area contributed by atoms with Gasteiger partial charge in [-0.3, -0.25) is 4.79 Å². The highest BCUT2D eigenvalue weighted by atomic mass is 16.5. The molecule has 1 heterocycles. The third-order valence-electron chi connectivity index (χ3n) is 3.77. The molecule has 1 saturated carbocycles. The summed E-state index contributed by atoms with van der Waals surface area (Å²) < 4.78 is 5.47. The number of hydrogen-bond donors (Lipinski definition) is 2. The maximum absolute atomic E-state index is 10.8. The van der Waals surface area contributed by atoms with Crippen LogP contribution in [0.4, 0.5) is 0 Å². The molecule has 0 spiro atoms. The monoisotopic (exact) mass is 213 g/mol. The Balaban J connectivity index is 1.72. The molecule has 15 heavy (non-hydrogen) atoms. The zero-order chi connectivity index (χ0) is 10.8. The lowest BCUT2D eigenvalue weighted by molar-refractivity contribution is -0.146. The second-order valence-electron chi connectivity index (χ2n) is 4.66. The van der Waals surface area contributed by atoms with Crippen LogP contribution < -0.4 is 5.32 Å². The number of carboxylic acid groups (broad SMARTS) is 1. The molecule has 0 radical (unpaired) electrons. The number of ether oxygens (including phenoxy) is 1. The molecular weight excluding hydrogens is 194 g/mol. The van der Waals surface area contributed by atoms with Crippen LogP contribution >= 0.6 is 0 Å². The summed E-state index contributed by atoms with van der Waals surface area (Å²) in [6.07, 6.45) is 3.24. The van der Waals surface area contributed by atoms with Crippen molar-refractivity contribution in [1.29, 1.82) is 0 Å². The number of hydrogen-bond acceptors (Lipinski definition) is 3. The zero-order valence-corrected chi connectivity index (χ0v) is 9.11. The first kappa shape index (κ1) is 10.9. The van der Waals surface area contributed by atoms with Gasteiger partial charge in [-0.2, -0.15) is 0 Å². The second kappa shape index (κ2) is 4.49. The number of carboxylic acids is 1. The van der Waals surface area contributed by atoms with Crippen molar-refractivity contribution in [3.05, 3.63) is 0 Å². The standard InChI is InChI=1S/C11H19NO3/c1-7-8(4-5-15-7)6-12-10-3-2-9(10)11(13)14/h7-10,12H,2-6H2,1H3,(H,13,14). The fourth-order valence-electron chi connectivity index (χ4n) is 2.39. The molecule has 4 nitrogen and oxygen atoms in total. The first-order chi connectivity index (χ1) is 7.18. The van der Waals surface area contributed by atoms with Crippen LogP contribution in [0.15, 0.2) is 0 Å². The van der Waals surface area contributed by atoms with Crippen LogP contribution in [0, 0.1) is 11.8 Å². The molecule has 2 aliphatic rings. The molecule has 4 atom stereocenters. The van der Waals surface area contributed by atoms with Crippen LogP contribution in [0.3, 0.4) is 0 Å². The average molecular weight is 213 g/mol. The van der Waals surface area contributed by atoms with E-state index < -0.39 is 5.97 Å². The third kappa shape index (κ3) is 2.32. The molecule has 0 aromatic carbocycles. The summed E-state index contributed by atoms with van der Waals surface area (Å²) in [5.74, 6) is -0.267. The Bertz CT molecular complexity index is 244. The van der Waals surface area contributed by atoms with Crippen molar-refractivity contribution in [3.63, 3.8) is 0 Å². The lowest BCUT2D eigenvalue weighted by Gasteiger charge is -2.35. The van der Waals surface area contributed by atoms with Crippen molar-refractivity contribution in [2.45, 2.75) is 38.3 Å². The summed E-state index contributed by atoms with van der Waals surface area (Å²) >= 11 is 0. The van der Waals surface area contributed by atoms with Gasteiger partial charge in [-0.15, -0.1) is 0 Å². The molecule has 0 amide bonds. The van der Waals surface area contributed by atoms with E-state index in [4.69, 9.17) is 9.84 Å². The normalized spacial score (nSPS) is 40.1. The summed E-state index contributed by atoms with van der Waals surface area (Å²) in [6, 6.07) is 0.190. The number of nitrogens with one attached hydrogen (secondary N) is 1. The van der Waals surface area contributed by atoms with Crippen molar-refractivity contribution in [2.24, 2.45) is 11.8 Å². The minimum Gasteiger partial charge on any atom is -0.481 e. The SMILES string of the molecule is CC1OCCC1CNC1CCC1C(=O)O. The van der Waals surface area contributed by atoms with E-state index in [0.717, 1.165) is 32.4 Å². The van der Waals surface area contributed by atoms with E-state index in [1.165, 1.54) is 0 Å². The molecule has 4 unspecified atom stereocenters. The van der Waals surface area contributed by atoms with E-state index in [-0.39, 0.29) is 12.0 Å². The van der Waals surface area contributed by atoms with E-state index in [9.17, 15) is 4.79 Å². The molecule has 1 saturated heterocycles. The molecule has 1 aliphatic heterocycles. The smallest absolute Gasteiger partial charge is 0.308 e. The van der Waals surface area contributed by atoms with E-state index in [1.54, 1.807) is 0 Å². The van der Waals surface area contributed by atoms with Crippen LogP contribution in [0.2, 0.25) is 0 Å². The van der Waals surface area contributed by atoms with E-state index >= 15 is 0 Å². The van der Waals surface area contributed by atoms with Crippen LogP contribution in [0.5, 0.6) is 0 Å². The van der Waals surface area contributed by atoms with Gasteiger partial charge in [0.05, 0.1) is 12.0 Å². The largest absolute Gasteiger partial charge is 0.481 e. The molecule has 1 aliphatic carbocycles. The van der Waals surface area contributed by atoms with Gasteiger partial charge in [-0.05, 0) is 32.1 Å². The second-order valence-corrected chi connectivity index (χ2v) is 4.66. The molecule has 0 aromatic rings. The van der Waals surface area contributed by atoms with Gasteiger partial charge in [-0.1, -0.05) is 0 Å². The molecule has 0 aromatic heterocycles. The van der Waals surface area contributed by atoms with Crippen molar-refractivity contribution in [3.8, 4) is 0 Å². The van der Waals surface area contributed by atoms with E-state index in [0.29, 0.717) is 12.0 Å². The predicted molar refractivity (Wildman–Crippen MR) is 55.7 cm³/mol. The minimum atomic E-state index is -0.658. The van der Waals surface area contributed by atoms with Gasteiger partial charge in [0, 0.05) is 19.2 Å². The maximum Gasteiger partial charge on any atom is 0.308 e. The van der Waals surface area contributed by atoms with Crippen molar-refractivity contribution < 1.29 is 14.6 Å². The molecule has 4 heteroatoms. The number of carbonyl (C=O) groups is 1. The first-order valence-corrected chi connectivity index (χ1v) is 5.76. The zero-order valence-electron chi connectivity index (χ0n) is 9.11. The minimum absolute atomic E-state index is 0.164. The highest BCUT2D eigenvalue weighted by Crippen LogP contribution is 2.28. The summed E-state index contributed by atoms with van der Waals surface area (Å²) in [7, 11) is 0. The van der Waals surface area contributed by atoms with Crippen molar-refractivity contribution in [1.82, 2.24) is 5.32 Å². The topological polar surface area (TPSA) is 58.6 Å². The Morgan fingerprint density at radius 3 is 2.73 bits per heavy atom. The fourth-order valence-corrected chi connectivity index (χ4v) is 2.39. The highest BCUT2D eigenvalue weighted by molar-refractivity contribution is 5.72. The van der Waals surface area contributed by atoms with Crippen LogP contribution in [0.25, 0.3) is 0 Å². The van der Waals surface area contributed by atoms with Gasteiger partial charge in [0.1, 0.15) is 0 Å². The molecule has 2 rings (SSSR count). The average Bonchev–Trinajstić information content (AvgIpc) is 2.49. The summed E-state index contributed by atoms with van der Waals surface area (Å²) in [5, 5.41) is 12.2. The summed E-state index contributed by atoms with van der Waals surface area (Å²) in [5.41, 5.74) is 0. The lowest BCUT2D eigenvalue weighted by Crippen LogP contribution is -2.49. The molecule has 86 valence electrons. The Kier molecular flexibility index (Phi) is 3.26. The molecule has 2 N–H and O–H groups in total. The van der Waals surface area contributed by atoms with E-state index in [1.807, 2.05) is 0 Å². The van der Waals surface area contributed by atoms with Crippen LogP contribution in [-0.2, 0) is 9.53 Å². The fraction of sp³-hybridized carbons (Fsp3) is 0.909. The Labute approximate surface area is 90.0 Å². The van der Waals surface area contributed by atoms with E-state index in [2.05, 4.69) is 12.2 Å². The predicted octanol–water partition coefficient (Wildman–Crippen LogP) is 0.864. The quantitative estimate of drug-likeness (QED) is 0.727. The lowest BCUT2D eigenvalue weighted by atomic mass is 9.79. The van der Waals surface area contributed by atoms with Gasteiger partial charge >= 0.3 is 5.97 Å². The van der Waals surface area contributed by atoms with Crippen molar-refractivity contribution in [2.75, 3.05) is 13.2 Å². The summed E-state index contributed by atoms with van der Waals surface area (Å²) in [6.45, 7) is 3.84. The van der Waals surface area contributed by atoms with Gasteiger partial charge in [-0.25, -0.2) is 0 Å². The number of rotatable bonds is 4. The van der Waals surface area contributed by atoms with Crippen LogP contribution in [0.1, 0.15) is 26.2 Å². The van der Waals surface area contributed by atoms with Crippen LogP contribution in [-0.4, -0.2) is 36.4 Å². The molecular formula is C11H19NO3. The highest BCUT2D eigenvalue weighted by Gasteiger charge is 2.37. The van der Waals surface area contributed by atoms with Gasteiger partial charge in [0.15, 0.2) is 0 Å². The van der Waals surface area contributed by atoms with Gasteiger partial charge in [0.2, 0.25) is 0 Å². The molecule has 2 fully saturated rings. The first-order valence-electron chi connectivity index (χ1n) is 5.76. The summed E-state index contributed by atoms with van der Waals surface area (Å²) in [4.78, 5) is 10.8.